The van der Waals surface area contributed by atoms with Crippen molar-refractivity contribution >= 4 is 5.78 Å². The van der Waals surface area contributed by atoms with Crippen molar-refractivity contribution in [1.82, 2.24) is 10.6 Å². The minimum absolute atomic E-state index is 0.232. The zero-order valence-corrected chi connectivity index (χ0v) is 24.2. The van der Waals surface area contributed by atoms with Crippen molar-refractivity contribution in [1.29, 1.82) is 0 Å². The minimum atomic E-state index is -0.346. The van der Waals surface area contributed by atoms with Gasteiger partial charge in [0.2, 0.25) is 0 Å². The summed E-state index contributed by atoms with van der Waals surface area (Å²) >= 11 is 0. The van der Waals surface area contributed by atoms with Gasteiger partial charge in [-0.25, -0.2) is 0 Å². The molecule has 7 heteroatoms. The second kappa shape index (κ2) is 11.9. The molecule has 0 amide bonds. The van der Waals surface area contributed by atoms with Gasteiger partial charge in [-0.05, 0) is 70.8 Å². The van der Waals surface area contributed by atoms with Crippen LogP contribution in [0.2, 0.25) is 0 Å². The van der Waals surface area contributed by atoms with Crippen molar-refractivity contribution in [2.45, 2.75) is 24.2 Å². The number of ketones is 1. The molecular formula is C35H36N2O5. The quantitative estimate of drug-likeness (QED) is 0.272. The van der Waals surface area contributed by atoms with Crippen LogP contribution in [-0.4, -0.2) is 34.2 Å². The third-order valence-electron chi connectivity index (χ3n) is 8.71. The molecule has 2 bridgehead atoms. The number of fused-ring (bicyclic) bond motifs is 2. The van der Waals surface area contributed by atoms with Gasteiger partial charge in [-0.3, -0.25) is 4.79 Å². The normalized spacial score (nSPS) is 25.0. The number of piperidine rings is 2. The summed E-state index contributed by atoms with van der Waals surface area (Å²) in [6.45, 7) is 0. The standard InChI is InChI=1S/C35H36N2O5/c1-39-25-13-5-21(6-14-25)31-29-32(22-7-15-26(40-2)16-8-22)37-34(24-11-19-28(42-4)20-12-24)30(35(29)38)33(36-31)23-9-17-27(41-3)18-10-23/h5-20,29-34,36-37H,1-4H3/t29?,30?,31-,32+,33-,34+. The summed E-state index contributed by atoms with van der Waals surface area (Å²) in [5.74, 6) is 2.64. The van der Waals surface area contributed by atoms with E-state index in [2.05, 4.69) is 59.2 Å². The zero-order chi connectivity index (χ0) is 29.2. The largest absolute Gasteiger partial charge is 0.497 e. The molecule has 2 heterocycles. The van der Waals surface area contributed by atoms with E-state index in [1.165, 1.54) is 0 Å². The van der Waals surface area contributed by atoms with Gasteiger partial charge in [-0.2, -0.15) is 0 Å². The topological polar surface area (TPSA) is 78.1 Å². The molecule has 2 N–H and O–H groups in total. The van der Waals surface area contributed by atoms with Crippen LogP contribution < -0.4 is 29.6 Å². The SMILES string of the molecule is COc1ccc([C@H]2N[C@H](c3ccc(OC)cc3)C3C(=O)C2[C@H](c2ccc(OC)cc2)N[C@H]3c2ccc(OC)cc2)cc1. The Kier molecular flexibility index (Phi) is 7.87. The van der Waals surface area contributed by atoms with Crippen LogP contribution in [0.3, 0.4) is 0 Å². The number of hydrogen-bond acceptors (Lipinski definition) is 7. The van der Waals surface area contributed by atoms with Crippen molar-refractivity contribution in [2.24, 2.45) is 11.8 Å². The summed E-state index contributed by atoms with van der Waals surface area (Å²) < 4.78 is 21.7. The lowest BCUT2D eigenvalue weighted by molar-refractivity contribution is -0.139. The third-order valence-corrected chi connectivity index (χ3v) is 8.71. The maximum atomic E-state index is 14.9. The highest BCUT2D eigenvalue weighted by molar-refractivity contribution is 5.89. The molecular weight excluding hydrogens is 528 g/mol. The van der Waals surface area contributed by atoms with Crippen molar-refractivity contribution in [3.63, 3.8) is 0 Å². The third kappa shape index (κ3) is 5.10. The Hall–Kier alpha value is -4.33. The number of rotatable bonds is 8. The van der Waals surface area contributed by atoms with Gasteiger partial charge < -0.3 is 29.6 Å². The molecule has 2 aliphatic rings. The Labute approximate surface area is 246 Å². The fourth-order valence-electron chi connectivity index (χ4n) is 6.52. The Morgan fingerprint density at radius 2 is 0.619 bits per heavy atom. The molecule has 0 saturated carbocycles. The first-order valence-corrected chi connectivity index (χ1v) is 14.2. The molecule has 6 atom stereocenters. The smallest absolute Gasteiger partial charge is 0.146 e. The monoisotopic (exact) mass is 564 g/mol. The summed E-state index contributed by atoms with van der Waals surface area (Å²) in [7, 11) is 6.63. The summed E-state index contributed by atoms with van der Waals surface area (Å²) in [6.07, 6.45) is 0. The van der Waals surface area contributed by atoms with Gasteiger partial charge in [0.25, 0.3) is 0 Å². The molecule has 2 saturated heterocycles. The lowest BCUT2D eigenvalue weighted by Crippen LogP contribution is -2.60. The molecule has 7 nitrogen and oxygen atoms in total. The van der Waals surface area contributed by atoms with Crippen LogP contribution in [0.25, 0.3) is 0 Å². The molecule has 42 heavy (non-hydrogen) atoms. The Morgan fingerprint density at radius 1 is 0.405 bits per heavy atom. The molecule has 0 radical (unpaired) electrons. The lowest BCUT2D eigenvalue weighted by atomic mass is 9.64. The highest BCUT2D eigenvalue weighted by Gasteiger charge is 2.55. The number of methoxy groups -OCH3 is 4. The van der Waals surface area contributed by atoms with E-state index in [9.17, 15) is 4.79 Å². The first-order valence-electron chi connectivity index (χ1n) is 14.2. The predicted octanol–water partition coefficient (Wildman–Crippen LogP) is 5.99. The molecule has 216 valence electrons. The van der Waals surface area contributed by atoms with Crippen LogP contribution >= 0.6 is 0 Å². The van der Waals surface area contributed by atoms with E-state index in [0.717, 1.165) is 45.3 Å². The fourth-order valence-corrected chi connectivity index (χ4v) is 6.52. The fraction of sp³-hybridized carbons (Fsp3) is 0.286. The summed E-state index contributed by atoms with van der Waals surface area (Å²) in [4.78, 5) is 14.9. The number of carbonyl (C=O) groups is 1. The number of hydrogen-bond donors (Lipinski definition) is 2. The predicted molar refractivity (Wildman–Crippen MR) is 161 cm³/mol. The van der Waals surface area contributed by atoms with Gasteiger partial charge in [-0.15, -0.1) is 0 Å². The Balaban J connectivity index is 1.49. The second-order valence-corrected chi connectivity index (χ2v) is 10.8. The van der Waals surface area contributed by atoms with Crippen LogP contribution in [0, 0.1) is 11.8 Å². The molecule has 2 fully saturated rings. The molecule has 2 aliphatic heterocycles. The second-order valence-electron chi connectivity index (χ2n) is 10.8. The van der Waals surface area contributed by atoms with E-state index in [-0.39, 0.29) is 41.8 Å². The lowest BCUT2D eigenvalue weighted by Gasteiger charge is -2.52. The maximum absolute atomic E-state index is 14.9. The zero-order valence-electron chi connectivity index (χ0n) is 24.2. The number of carbonyl (C=O) groups excluding carboxylic acids is 1. The Morgan fingerprint density at radius 3 is 0.810 bits per heavy atom. The number of benzene rings is 4. The molecule has 4 aromatic carbocycles. The van der Waals surface area contributed by atoms with E-state index >= 15 is 0 Å². The van der Waals surface area contributed by atoms with Crippen LogP contribution in [0.5, 0.6) is 23.0 Å². The first-order chi connectivity index (χ1) is 20.5. The van der Waals surface area contributed by atoms with Crippen molar-refractivity contribution in [3.05, 3.63) is 119 Å². The van der Waals surface area contributed by atoms with Crippen molar-refractivity contribution in [3.8, 4) is 23.0 Å². The van der Waals surface area contributed by atoms with Crippen molar-refractivity contribution < 1.29 is 23.7 Å². The van der Waals surface area contributed by atoms with Gasteiger partial charge in [0.05, 0.1) is 40.3 Å². The van der Waals surface area contributed by atoms with E-state index < -0.39 is 0 Å². The average molecular weight is 565 g/mol. The maximum Gasteiger partial charge on any atom is 0.146 e. The molecule has 0 aromatic heterocycles. The van der Waals surface area contributed by atoms with Crippen molar-refractivity contribution in [2.75, 3.05) is 28.4 Å². The van der Waals surface area contributed by atoms with Crippen LogP contribution in [-0.2, 0) is 4.79 Å². The van der Waals surface area contributed by atoms with E-state index in [1.807, 2.05) is 48.5 Å². The number of nitrogens with one attached hydrogen (secondary N) is 2. The molecule has 4 aromatic rings. The highest BCUT2D eigenvalue weighted by Crippen LogP contribution is 2.52. The molecule has 0 aliphatic carbocycles. The van der Waals surface area contributed by atoms with E-state index in [1.54, 1.807) is 28.4 Å². The summed E-state index contributed by atoms with van der Waals surface area (Å²) in [5, 5.41) is 7.89. The van der Waals surface area contributed by atoms with E-state index in [4.69, 9.17) is 18.9 Å². The summed E-state index contributed by atoms with van der Waals surface area (Å²) in [6, 6.07) is 31.1. The van der Waals surface area contributed by atoms with Gasteiger partial charge in [-0.1, -0.05) is 48.5 Å². The van der Waals surface area contributed by atoms with E-state index in [0.29, 0.717) is 0 Å². The Bertz CT molecular complexity index is 1280. The van der Waals surface area contributed by atoms with Crippen LogP contribution in [0.4, 0.5) is 0 Å². The minimum Gasteiger partial charge on any atom is -0.497 e. The first kappa shape index (κ1) is 27.8. The summed E-state index contributed by atoms with van der Waals surface area (Å²) in [5.41, 5.74) is 4.15. The van der Waals surface area contributed by atoms with Crippen LogP contribution in [0.15, 0.2) is 97.1 Å². The van der Waals surface area contributed by atoms with Gasteiger partial charge in [0.15, 0.2) is 0 Å². The molecule has 0 spiro atoms. The number of ether oxygens (including phenoxy) is 4. The van der Waals surface area contributed by atoms with Gasteiger partial charge in [0, 0.05) is 24.2 Å². The molecule has 6 rings (SSSR count). The van der Waals surface area contributed by atoms with Gasteiger partial charge >= 0.3 is 0 Å². The van der Waals surface area contributed by atoms with Gasteiger partial charge in [0.1, 0.15) is 28.8 Å². The molecule has 2 unspecified atom stereocenters. The highest BCUT2D eigenvalue weighted by atomic mass is 16.5. The van der Waals surface area contributed by atoms with Crippen LogP contribution in [0.1, 0.15) is 46.4 Å². The average Bonchev–Trinajstić information content (AvgIpc) is 3.05. The number of Topliss-reactive ketones (excluding diaryl/α,β-unsaturated/α-hetero) is 1.